The summed E-state index contributed by atoms with van der Waals surface area (Å²) < 4.78 is 0. The Kier molecular flexibility index (Phi) is 4.59. The highest BCUT2D eigenvalue weighted by atomic mass is 14.3. The average Bonchev–Trinajstić information content (AvgIpc) is 1.99. The Morgan fingerprint density at radius 3 is 2.08 bits per heavy atom. The maximum atomic E-state index is 3.92. The van der Waals surface area contributed by atoms with Crippen LogP contribution in [-0.2, 0) is 0 Å². The highest BCUT2D eigenvalue weighted by Crippen LogP contribution is 2.36. The quantitative estimate of drug-likeness (QED) is 0.538. The molecule has 0 aliphatic carbocycles. The normalized spacial score (nSPS) is 14.8. The minimum atomic E-state index is 0.296. The van der Waals surface area contributed by atoms with Crippen LogP contribution in [0, 0.1) is 17.3 Å². The summed E-state index contributed by atoms with van der Waals surface area (Å²) in [5, 5.41) is 0. The van der Waals surface area contributed by atoms with E-state index in [9.17, 15) is 0 Å². The van der Waals surface area contributed by atoms with Gasteiger partial charge in [-0.15, -0.1) is 6.58 Å². The molecule has 0 aromatic carbocycles. The Balaban J connectivity index is 4.38. The monoisotopic (exact) mass is 168 g/mol. The van der Waals surface area contributed by atoms with Crippen LogP contribution < -0.4 is 0 Å². The Hall–Kier alpha value is -0.260. The predicted molar refractivity (Wildman–Crippen MR) is 57.2 cm³/mol. The van der Waals surface area contributed by atoms with Crippen LogP contribution in [0.5, 0.6) is 0 Å². The first-order chi connectivity index (χ1) is 5.45. The molecule has 0 aromatic heterocycles. The third kappa shape index (κ3) is 3.00. The second-order valence-electron chi connectivity index (χ2n) is 4.66. The molecule has 0 aliphatic heterocycles. The summed E-state index contributed by atoms with van der Waals surface area (Å²) in [6, 6.07) is 0. The Morgan fingerprint density at radius 1 is 1.33 bits per heavy atom. The minimum absolute atomic E-state index is 0.296. The highest BCUT2D eigenvalue weighted by molar-refractivity contribution is 4.93. The van der Waals surface area contributed by atoms with Gasteiger partial charge in [-0.25, -0.2) is 0 Å². The second-order valence-corrected chi connectivity index (χ2v) is 4.66. The van der Waals surface area contributed by atoms with Crippen LogP contribution in [0.15, 0.2) is 12.7 Å². The van der Waals surface area contributed by atoms with Crippen LogP contribution >= 0.6 is 0 Å². The van der Waals surface area contributed by atoms with Crippen molar-refractivity contribution in [2.45, 2.75) is 47.5 Å². The molecule has 0 aromatic rings. The molecule has 0 N–H and O–H groups in total. The molecule has 1 atom stereocenters. The first-order valence-corrected chi connectivity index (χ1v) is 5.09. The molecule has 0 spiro atoms. The van der Waals surface area contributed by atoms with E-state index in [1.165, 1.54) is 12.8 Å². The van der Waals surface area contributed by atoms with Crippen molar-refractivity contribution in [2.75, 3.05) is 0 Å². The van der Waals surface area contributed by atoms with Gasteiger partial charge in [0.2, 0.25) is 0 Å². The molecule has 72 valence electrons. The smallest absolute Gasteiger partial charge is 0.0147 e. The standard InChI is InChI=1S/C12H24/c1-7-9-11(10(3)4)12(5,6)8-2/h8,10-11H,2,7,9H2,1,3-6H3/t11-/m1/s1. The summed E-state index contributed by atoms with van der Waals surface area (Å²) in [7, 11) is 0. The molecule has 0 saturated carbocycles. The second kappa shape index (κ2) is 4.69. The zero-order chi connectivity index (χ0) is 9.78. The van der Waals surface area contributed by atoms with Crippen LogP contribution in [0.4, 0.5) is 0 Å². The topological polar surface area (TPSA) is 0 Å². The third-order valence-corrected chi connectivity index (χ3v) is 2.89. The molecule has 0 aliphatic rings. The summed E-state index contributed by atoms with van der Waals surface area (Å²) in [5.74, 6) is 1.54. The van der Waals surface area contributed by atoms with Gasteiger partial charge in [0, 0.05) is 0 Å². The van der Waals surface area contributed by atoms with Gasteiger partial charge in [-0.2, -0.15) is 0 Å². The van der Waals surface area contributed by atoms with E-state index in [1.54, 1.807) is 0 Å². The van der Waals surface area contributed by atoms with Crippen molar-refractivity contribution >= 4 is 0 Å². The Morgan fingerprint density at radius 2 is 1.83 bits per heavy atom. The molecular weight excluding hydrogens is 144 g/mol. The lowest BCUT2D eigenvalue weighted by atomic mass is 9.71. The molecule has 0 saturated heterocycles. The van der Waals surface area contributed by atoms with Gasteiger partial charge in [0.05, 0.1) is 0 Å². The first-order valence-electron chi connectivity index (χ1n) is 5.09. The van der Waals surface area contributed by atoms with Crippen LogP contribution in [0.3, 0.4) is 0 Å². The lowest BCUT2D eigenvalue weighted by Gasteiger charge is -2.34. The fourth-order valence-corrected chi connectivity index (χ4v) is 2.03. The third-order valence-electron chi connectivity index (χ3n) is 2.89. The zero-order valence-corrected chi connectivity index (χ0v) is 9.35. The number of allylic oxidation sites excluding steroid dienone is 1. The van der Waals surface area contributed by atoms with E-state index < -0.39 is 0 Å². The van der Waals surface area contributed by atoms with E-state index in [0.29, 0.717) is 5.41 Å². The summed E-state index contributed by atoms with van der Waals surface area (Å²) >= 11 is 0. The molecule has 0 radical (unpaired) electrons. The van der Waals surface area contributed by atoms with E-state index in [0.717, 1.165) is 11.8 Å². The minimum Gasteiger partial charge on any atom is -0.103 e. The molecule has 0 heterocycles. The fourth-order valence-electron chi connectivity index (χ4n) is 2.03. The van der Waals surface area contributed by atoms with E-state index >= 15 is 0 Å². The molecule has 0 amide bonds. The number of rotatable bonds is 5. The lowest BCUT2D eigenvalue weighted by Crippen LogP contribution is -2.26. The van der Waals surface area contributed by atoms with Crippen molar-refractivity contribution in [1.82, 2.24) is 0 Å². The van der Waals surface area contributed by atoms with Crippen molar-refractivity contribution in [3.63, 3.8) is 0 Å². The van der Waals surface area contributed by atoms with E-state index in [1.807, 2.05) is 0 Å². The van der Waals surface area contributed by atoms with Crippen LogP contribution in [0.25, 0.3) is 0 Å². The van der Waals surface area contributed by atoms with Crippen LogP contribution in [-0.4, -0.2) is 0 Å². The maximum Gasteiger partial charge on any atom is -0.0147 e. The van der Waals surface area contributed by atoms with Gasteiger partial charge in [0.25, 0.3) is 0 Å². The summed E-state index contributed by atoms with van der Waals surface area (Å²) in [6.45, 7) is 15.4. The fraction of sp³-hybridized carbons (Fsp3) is 0.833. The summed E-state index contributed by atoms with van der Waals surface area (Å²) in [5.41, 5.74) is 0.296. The highest BCUT2D eigenvalue weighted by Gasteiger charge is 2.27. The molecule has 0 unspecified atom stereocenters. The van der Waals surface area contributed by atoms with Crippen LogP contribution in [0.2, 0.25) is 0 Å². The molecule has 0 nitrogen and oxygen atoms in total. The predicted octanol–water partition coefficient (Wildman–Crippen LogP) is 4.27. The molecular formula is C12H24. The molecule has 0 heteroatoms. The lowest BCUT2D eigenvalue weighted by molar-refractivity contribution is 0.196. The summed E-state index contributed by atoms with van der Waals surface area (Å²) in [4.78, 5) is 0. The Bertz CT molecular complexity index is 131. The summed E-state index contributed by atoms with van der Waals surface area (Å²) in [6.07, 6.45) is 4.70. The average molecular weight is 168 g/mol. The molecule has 0 fully saturated rings. The van der Waals surface area contributed by atoms with Crippen molar-refractivity contribution < 1.29 is 0 Å². The van der Waals surface area contributed by atoms with Gasteiger partial charge in [-0.1, -0.05) is 47.1 Å². The van der Waals surface area contributed by atoms with Gasteiger partial charge in [-0.05, 0) is 23.7 Å². The maximum absolute atomic E-state index is 3.92. The number of hydrogen-bond donors (Lipinski definition) is 0. The van der Waals surface area contributed by atoms with Gasteiger partial charge in [-0.3, -0.25) is 0 Å². The van der Waals surface area contributed by atoms with Gasteiger partial charge >= 0.3 is 0 Å². The van der Waals surface area contributed by atoms with Crippen molar-refractivity contribution in [3.05, 3.63) is 12.7 Å². The molecule has 0 rings (SSSR count). The van der Waals surface area contributed by atoms with E-state index in [4.69, 9.17) is 0 Å². The van der Waals surface area contributed by atoms with Crippen LogP contribution in [0.1, 0.15) is 47.5 Å². The first kappa shape index (κ1) is 11.7. The van der Waals surface area contributed by atoms with E-state index in [2.05, 4.69) is 47.3 Å². The SMILES string of the molecule is C=CC(C)(C)[C@H](CCC)C(C)C. The largest absolute Gasteiger partial charge is 0.103 e. The van der Waals surface area contributed by atoms with Crippen molar-refractivity contribution in [3.8, 4) is 0 Å². The van der Waals surface area contributed by atoms with Gasteiger partial charge in [0.15, 0.2) is 0 Å². The zero-order valence-electron chi connectivity index (χ0n) is 9.35. The van der Waals surface area contributed by atoms with Crippen molar-refractivity contribution in [2.24, 2.45) is 17.3 Å². The van der Waals surface area contributed by atoms with Gasteiger partial charge in [0.1, 0.15) is 0 Å². The Labute approximate surface area is 78.1 Å². The molecule has 12 heavy (non-hydrogen) atoms. The van der Waals surface area contributed by atoms with Gasteiger partial charge < -0.3 is 0 Å². The number of hydrogen-bond acceptors (Lipinski definition) is 0. The molecule has 0 bridgehead atoms. The van der Waals surface area contributed by atoms with E-state index in [-0.39, 0.29) is 0 Å². The van der Waals surface area contributed by atoms with Crippen molar-refractivity contribution in [1.29, 1.82) is 0 Å².